The van der Waals surface area contributed by atoms with Crippen molar-refractivity contribution in [1.82, 2.24) is 0 Å². The van der Waals surface area contributed by atoms with Gasteiger partial charge in [-0.1, -0.05) is 160 Å². The molecule has 2 rings (SSSR count). The number of hydrogen-bond donors (Lipinski definition) is 0. The average molecular weight is 625 g/mol. The Morgan fingerprint density at radius 3 is 1.23 bits per heavy atom. The molecule has 0 atom stereocenters. The molecule has 0 amide bonds. The third-order valence-corrected chi connectivity index (χ3v) is 12.6. The molecule has 0 heterocycles. The van der Waals surface area contributed by atoms with Crippen LogP contribution in [0.15, 0.2) is 60.2 Å². The first-order valence-corrected chi connectivity index (χ1v) is 15.9. The Kier molecular flexibility index (Phi) is 25.0. The van der Waals surface area contributed by atoms with Gasteiger partial charge in [-0.25, -0.2) is 0 Å². The Labute approximate surface area is 242 Å². The van der Waals surface area contributed by atoms with Crippen molar-refractivity contribution in [2.75, 3.05) is 0 Å². The van der Waals surface area contributed by atoms with Crippen LogP contribution in [0.4, 0.5) is 0 Å². The van der Waals surface area contributed by atoms with Crippen LogP contribution >= 0.6 is 15.8 Å². The van der Waals surface area contributed by atoms with Crippen molar-refractivity contribution in [3.8, 4) is 0 Å². The van der Waals surface area contributed by atoms with Crippen LogP contribution in [0.3, 0.4) is 0 Å². The van der Waals surface area contributed by atoms with Crippen molar-refractivity contribution in [2.24, 2.45) is 0 Å². The monoisotopic (exact) mass is 624 g/mol. The number of rotatable bonds is 7. The maximum absolute atomic E-state index is 3.30. The van der Waals surface area contributed by atoms with Gasteiger partial charge in [-0.15, -0.1) is 0 Å². The molecule has 203 valence electrons. The molecule has 0 nitrogen and oxygen atoms in total. The third kappa shape index (κ3) is 18.1. The Balaban J connectivity index is -0.000000434. The van der Waals surface area contributed by atoms with E-state index in [-0.39, 0.29) is 47.7 Å². The Bertz CT molecular complexity index is 642. The molecule has 1 aromatic carbocycles. The van der Waals surface area contributed by atoms with Crippen LogP contribution in [-0.4, -0.2) is 34.0 Å². The van der Waals surface area contributed by atoms with Gasteiger partial charge in [0.15, 0.2) is 0 Å². The van der Waals surface area contributed by atoms with Gasteiger partial charge < -0.3 is 12.4 Å². The molecule has 1 aromatic rings. The van der Waals surface area contributed by atoms with Crippen LogP contribution in [0.1, 0.15) is 88.6 Å². The van der Waals surface area contributed by atoms with Gasteiger partial charge in [-0.3, -0.25) is 0 Å². The van der Waals surface area contributed by atoms with E-state index in [1.165, 1.54) is 0 Å². The van der Waals surface area contributed by atoms with E-state index in [1.54, 1.807) is 0 Å². The van der Waals surface area contributed by atoms with E-state index in [0.29, 0.717) is 0 Å². The van der Waals surface area contributed by atoms with Gasteiger partial charge in [0, 0.05) is 19.5 Å². The minimum atomic E-state index is 0. The maximum atomic E-state index is 3.30. The molecule has 0 aliphatic heterocycles. The second-order valence-electron chi connectivity index (χ2n) is 10.3. The summed E-state index contributed by atoms with van der Waals surface area (Å²) in [7, 11) is 0.525. The predicted octanol–water partition coefficient (Wildman–Crippen LogP) is 7.48. The molecule has 0 fully saturated rings. The van der Waals surface area contributed by atoms with E-state index in [4.69, 9.17) is 0 Å². The zero-order chi connectivity index (χ0) is 25.6. The van der Waals surface area contributed by atoms with Crippen LogP contribution in [0.25, 0.3) is 0 Å². The molecule has 1 aliphatic rings. The van der Waals surface area contributed by atoms with Crippen molar-refractivity contribution in [3.05, 3.63) is 78.3 Å². The van der Waals surface area contributed by atoms with Crippen LogP contribution in [-0.2, 0) is 19.5 Å². The second-order valence-corrected chi connectivity index (χ2v) is 18.3. The number of allylic oxidation sites excluding steroid dienone is 5. The minimum absolute atomic E-state index is 0. The molecular formula is C31H52ClP2Rh-. The molecule has 0 saturated carbocycles. The average Bonchev–Trinajstić information content (AvgIpc) is 2.68. The van der Waals surface area contributed by atoms with Gasteiger partial charge in [0.1, 0.15) is 0 Å². The van der Waals surface area contributed by atoms with Crippen LogP contribution in [0.2, 0.25) is 0 Å². The van der Waals surface area contributed by atoms with E-state index in [9.17, 15) is 0 Å². The smallest absolute Gasteiger partial charge is 0 e. The van der Waals surface area contributed by atoms with Gasteiger partial charge in [-0.2, -0.15) is 0 Å². The van der Waals surface area contributed by atoms with Gasteiger partial charge >= 0.3 is 0 Å². The van der Waals surface area contributed by atoms with Crippen LogP contribution in [0.5, 0.6) is 0 Å². The molecule has 1 radical (unpaired) electrons. The SMILES string of the molecule is CC(C)P(C(C)C)C(C)C.CC(C)P(C(C)C)C(C)C.[C-](=C1C=CC=C[CH+]1)c1ccccc1.[Cl-].[Rh]. The van der Waals surface area contributed by atoms with Crippen molar-refractivity contribution in [1.29, 1.82) is 0 Å². The van der Waals surface area contributed by atoms with Gasteiger partial charge in [0.25, 0.3) is 0 Å². The number of hydrogen-bond acceptors (Lipinski definition) is 0. The summed E-state index contributed by atoms with van der Waals surface area (Å²) in [6.45, 7) is 28.2. The molecule has 0 spiro atoms. The topological polar surface area (TPSA) is 0 Å². The quantitative estimate of drug-likeness (QED) is 0.168. The molecule has 0 aromatic heterocycles. The first-order chi connectivity index (χ1) is 15.4. The normalized spacial score (nSPS) is 13.7. The van der Waals surface area contributed by atoms with Crippen LogP contribution in [0, 0.1) is 12.5 Å². The summed E-state index contributed by atoms with van der Waals surface area (Å²) < 4.78 is 0. The van der Waals surface area contributed by atoms with E-state index in [2.05, 4.69) is 89.2 Å². The van der Waals surface area contributed by atoms with E-state index in [1.807, 2.05) is 61.1 Å². The van der Waals surface area contributed by atoms with Crippen molar-refractivity contribution < 1.29 is 31.9 Å². The fourth-order valence-electron chi connectivity index (χ4n) is 4.79. The summed E-state index contributed by atoms with van der Waals surface area (Å²) in [4.78, 5) is 0. The standard InChI is InChI=1S/C13H10.2C9H21P.ClH.Rh/c1-3-7-12(8-4-1)11-13-9-5-2-6-10-13;2*1-7(2)10(8(3)4)9(5)6;;/h1-10H;2*7-9H,1-6H3;1H;/p-1. The predicted molar refractivity (Wildman–Crippen MR) is 160 cm³/mol. The summed E-state index contributed by atoms with van der Waals surface area (Å²) in [5.41, 5.74) is 7.63. The van der Waals surface area contributed by atoms with E-state index >= 15 is 0 Å². The second kappa shape index (κ2) is 22.1. The third-order valence-electron chi connectivity index (χ3n) is 5.41. The summed E-state index contributed by atoms with van der Waals surface area (Å²) in [6, 6.07) is 10.1. The molecule has 0 saturated heterocycles. The molecule has 0 bridgehead atoms. The van der Waals surface area contributed by atoms with E-state index in [0.717, 1.165) is 45.1 Å². The molecule has 4 heteroatoms. The molecular weight excluding hydrogens is 573 g/mol. The molecule has 0 N–H and O–H groups in total. The van der Waals surface area contributed by atoms with Gasteiger partial charge in [0.05, 0.1) is 0 Å². The zero-order valence-corrected chi connectivity index (χ0v) is 28.5. The van der Waals surface area contributed by atoms with Crippen LogP contribution < -0.4 is 12.4 Å². The summed E-state index contributed by atoms with van der Waals surface area (Å²) >= 11 is 0. The fraction of sp³-hybridized carbons (Fsp3) is 0.581. The summed E-state index contributed by atoms with van der Waals surface area (Å²) in [5, 5.41) is 0. The Morgan fingerprint density at radius 1 is 0.600 bits per heavy atom. The summed E-state index contributed by atoms with van der Waals surface area (Å²) in [5.74, 6) is 0. The molecule has 0 unspecified atom stereocenters. The Hall–Kier alpha value is 0.0834. The number of halogens is 1. The summed E-state index contributed by atoms with van der Waals surface area (Å²) in [6.07, 6.45) is 13.4. The first kappa shape index (κ1) is 39.6. The van der Waals surface area contributed by atoms with Gasteiger partial charge in [-0.05, 0) is 51.2 Å². The number of benzene rings is 1. The largest absolute Gasteiger partial charge is 1.00 e. The van der Waals surface area contributed by atoms with Gasteiger partial charge in [0.2, 0.25) is 0 Å². The zero-order valence-electron chi connectivity index (χ0n) is 24.3. The van der Waals surface area contributed by atoms with E-state index < -0.39 is 0 Å². The Morgan fingerprint density at radius 2 is 0.971 bits per heavy atom. The minimum Gasteiger partial charge on any atom is -1.00 e. The van der Waals surface area contributed by atoms with Crippen molar-refractivity contribution in [3.63, 3.8) is 0 Å². The van der Waals surface area contributed by atoms with Crippen molar-refractivity contribution in [2.45, 2.75) is 117 Å². The first-order valence-electron chi connectivity index (χ1n) is 12.8. The molecule has 35 heavy (non-hydrogen) atoms. The fourth-order valence-corrected chi connectivity index (χ4v) is 11.9. The molecule has 1 aliphatic carbocycles. The van der Waals surface area contributed by atoms with Crippen molar-refractivity contribution >= 4 is 15.8 Å². The maximum Gasteiger partial charge on any atom is 0 e.